The lowest BCUT2D eigenvalue weighted by atomic mass is 10.0. The van der Waals surface area contributed by atoms with Crippen molar-refractivity contribution in [1.29, 1.82) is 0 Å². The topological polar surface area (TPSA) is 9.23 Å². The van der Waals surface area contributed by atoms with Gasteiger partial charge in [-0.2, -0.15) is 0 Å². The molecule has 0 aromatic carbocycles. The molecular weight excluding hydrogens is 244 g/mol. The van der Waals surface area contributed by atoms with Gasteiger partial charge in [-0.05, 0) is 19.3 Å². The molecule has 1 heteroatoms. The van der Waals surface area contributed by atoms with Gasteiger partial charge < -0.3 is 4.74 Å². The molecule has 0 aliphatic carbocycles. The van der Waals surface area contributed by atoms with Gasteiger partial charge in [-0.25, -0.2) is 0 Å². The summed E-state index contributed by atoms with van der Waals surface area (Å²) in [6, 6.07) is 0. The van der Waals surface area contributed by atoms with Crippen LogP contribution < -0.4 is 0 Å². The van der Waals surface area contributed by atoms with Crippen molar-refractivity contribution in [2.75, 3.05) is 0 Å². The molecule has 0 aromatic rings. The molecular formula is C19H36O. The molecule has 118 valence electrons. The number of ether oxygens (including phenoxy) is 1. The maximum atomic E-state index is 6.21. The predicted octanol–water partition coefficient (Wildman–Crippen LogP) is 6.42. The molecule has 0 saturated carbocycles. The third-order valence-corrected chi connectivity index (χ3v) is 4.34. The molecule has 0 unspecified atom stereocenters. The Balaban J connectivity index is 2.03. The first-order valence-electron chi connectivity index (χ1n) is 9.19. The number of unbranched alkanes of at least 4 members (excludes halogenated alkanes) is 8. The molecule has 0 bridgehead atoms. The van der Waals surface area contributed by atoms with Crippen molar-refractivity contribution >= 4 is 0 Å². The second kappa shape index (κ2) is 12.4. The van der Waals surface area contributed by atoms with Gasteiger partial charge >= 0.3 is 0 Å². The Morgan fingerprint density at radius 2 is 1.40 bits per heavy atom. The van der Waals surface area contributed by atoms with Crippen LogP contribution in [0.15, 0.2) is 12.2 Å². The molecule has 0 spiro atoms. The largest absolute Gasteiger partial charge is 0.371 e. The van der Waals surface area contributed by atoms with Crippen molar-refractivity contribution in [3.8, 4) is 0 Å². The fourth-order valence-electron chi connectivity index (χ4n) is 3.01. The normalized spacial score (nSPS) is 22.3. The molecule has 1 aliphatic heterocycles. The third kappa shape index (κ3) is 8.79. The summed E-state index contributed by atoms with van der Waals surface area (Å²) in [5, 5.41) is 0. The number of hydrogen-bond donors (Lipinski definition) is 0. The van der Waals surface area contributed by atoms with E-state index < -0.39 is 0 Å². The van der Waals surface area contributed by atoms with E-state index in [0.717, 1.165) is 6.42 Å². The van der Waals surface area contributed by atoms with Gasteiger partial charge in [0, 0.05) is 0 Å². The Hall–Kier alpha value is -0.300. The lowest BCUT2D eigenvalue weighted by molar-refractivity contribution is -0.00433. The monoisotopic (exact) mass is 280 g/mol. The second-order valence-corrected chi connectivity index (χ2v) is 6.37. The molecule has 1 heterocycles. The maximum Gasteiger partial charge on any atom is 0.0759 e. The summed E-state index contributed by atoms with van der Waals surface area (Å²) in [5.41, 5.74) is 0. The van der Waals surface area contributed by atoms with Gasteiger partial charge in [0.05, 0.1) is 12.2 Å². The van der Waals surface area contributed by atoms with E-state index in [-0.39, 0.29) is 0 Å². The minimum atomic E-state index is 0.408. The Morgan fingerprint density at radius 3 is 2.05 bits per heavy atom. The lowest BCUT2D eigenvalue weighted by Gasteiger charge is -2.26. The van der Waals surface area contributed by atoms with Crippen molar-refractivity contribution in [1.82, 2.24) is 0 Å². The van der Waals surface area contributed by atoms with Crippen LogP contribution in [0.4, 0.5) is 0 Å². The number of rotatable bonds is 12. The smallest absolute Gasteiger partial charge is 0.0759 e. The van der Waals surface area contributed by atoms with Gasteiger partial charge in [0.15, 0.2) is 0 Å². The quantitative estimate of drug-likeness (QED) is 0.296. The minimum Gasteiger partial charge on any atom is -0.371 e. The zero-order valence-corrected chi connectivity index (χ0v) is 13.9. The van der Waals surface area contributed by atoms with Crippen molar-refractivity contribution < 1.29 is 4.74 Å². The first-order valence-corrected chi connectivity index (χ1v) is 9.19. The van der Waals surface area contributed by atoms with E-state index in [2.05, 4.69) is 26.0 Å². The van der Waals surface area contributed by atoms with Crippen LogP contribution in [0.3, 0.4) is 0 Å². The highest BCUT2D eigenvalue weighted by Gasteiger charge is 2.17. The summed E-state index contributed by atoms with van der Waals surface area (Å²) in [5.74, 6) is 0. The molecule has 0 radical (unpaired) electrons. The van der Waals surface area contributed by atoms with Gasteiger partial charge in [0.1, 0.15) is 0 Å². The summed E-state index contributed by atoms with van der Waals surface area (Å²) in [7, 11) is 0. The van der Waals surface area contributed by atoms with Crippen molar-refractivity contribution in [2.45, 2.75) is 110 Å². The highest BCUT2D eigenvalue weighted by Crippen LogP contribution is 2.21. The Labute approximate surface area is 127 Å². The summed E-state index contributed by atoms with van der Waals surface area (Å²) in [6.45, 7) is 4.55. The molecule has 1 aliphatic rings. The van der Waals surface area contributed by atoms with E-state index in [1.807, 2.05) is 0 Å². The Bertz CT molecular complexity index is 234. The van der Waals surface area contributed by atoms with Crippen molar-refractivity contribution in [3.05, 3.63) is 12.2 Å². The van der Waals surface area contributed by atoms with Crippen LogP contribution in [0.1, 0.15) is 97.3 Å². The molecule has 1 rings (SSSR count). The van der Waals surface area contributed by atoms with Gasteiger partial charge in [-0.15, -0.1) is 0 Å². The SMILES string of the molecule is CCCCCCC[C@@H]1CC=C[C@H](CCCCCCC)O1. The van der Waals surface area contributed by atoms with Gasteiger partial charge in [-0.3, -0.25) is 0 Å². The molecule has 0 saturated heterocycles. The predicted molar refractivity (Wildman–Crippen MR) is 89.2 cm³/mol. The highest BCUT2D eigenvalue weighted by molar-refractivity contribution is 4.96. The Morgan fingerprint density at radius 1 is 0.800 bits per heavy atom. The van der Waals surface area contributed by atoms with E-state index in [1.165, 1.54) is 77.0 Å². The van der Waals surface area contributed by atoms with Gasteiger partial charge in [-0.1, -0.05) is 90.2 Å². The standard InChI is InChI=1S/C19H36O/c1-3-5-7-9-11-14-18-16-13-17-19(20-18)15-12-10-8-6-4-2/h13,16,18-19H,3-12,14-15,17H2,1-2H3/t18-,19+/m0/s1. The lowest BCUT2D eigenvalue weighted by Crippen LogP contribution is -2.24. The third-order valence-electron chi connectivity index (χ3n) is 4.34. The molecule has 0 amide bonds. The van der Waals surface area contributed by atoms with Crippen LogP contribution in [0.2, 0.25) is 0 Å². The molecule has 0 N–H and O–H groups in total. The van der Waals surface area contributed by atoms with Crippen LogP contribution in [-0.2, 0) is 4.74 Å². The maximum absolute atomic E-state index is 6.21. The fraction of sp³-hybridized carbons (Fsp3) is 0.895. The van der Waals surface area contributed by atoms with Crippen LogP contribution in [0.5, 0.6) is 0 Å². The van der Waals surface area contributed by atoms with Crippen molar-refractivity contribution in [2.24, 2.45) is 0 Å². The van der Waals surface area contributed by atoms with Crippen LogP contribution in [-0.4, -0.2) is 12.2 Å². The second-order valence-electron chi connectivity index (χ2n) is 6.37. The summed E-state index contributed by atoms with van der Waals surface area (Å²) < 4.78 is 6.21. The summed E-state index contributed by atoms with van der Waals surface area (Å²) >= 11 is 0. The average Bonchev–Trinajstić information content (AvgIpc) is 2.47. The summed E-state index contributed by atoms with van der Waals surface area (Å²) in [4.78, 5) is 0. The zero-order chi connectivity index (χ0) is 14.5. The first-order chi connectivity index (χ1) is 9.86. The van der Waals surface area contributed by atoms with E-state index >= 15 is 0 Å². The van der Waals surface area contributed by atoms with Crippen LogP contribution in [0.25, 0.3) is 0 Å². The fourth-order valence-corrected chi connectivity index (χ4v) is 3.01. The molecule has 0 fully saturated rings. The minimum absolute atomic E-state index is 0.408. The van der Waals surface area contributed by atoms with E-state index in [0.29, 0.717) is 12.2 Å². The van der Waals surface area contributed by atoms with E-state index in [1.54, 1.807) is 0 Å². The summed E-state index contributed by atoms with van der Waals surface area (Å²) in [6.07, 6.45) is 22.9. The van der Waals surface area contributed by atoms with E-state index in [4.69, 9.17) is 4.74 Å². The van der Waals surface area contributed by atoms with Gasteiger partial charge in [0.2, 0.25) is 0 Å². The van der Waals surface area contributed by atoms with Crippen LogP contribution in [0, 0.1) is 0 Å². The van der Waals surface area contributed by atoms with Gasteiger partial charge in [0.25, 0.3) is 0 Å². The number of hydrogen-bond acceptors (Lipinski definition) is 1. The average molecular weight is 280 g/mol. The molecule has 2 atom stereocenters. The van der Waals surface area contributed by atoms with E-state index in [9.17, 15) is 0 Å². The highest BCUT2D eigenvalue weighted by atomic mass is 16.5. The molecule has 1 nitrogen and oxygen atoms in total. The first kappa shape index (κ1) is 17.8. The zero-order valence-electron chi connectivity index (χ0n) is 13.9. The van der Waals surface area contributed by atoms with Crippen LogP contribution >= 0.6 is 0 Å². The molecule has 20 heavy (non-hydrogen) atoms. The Kier molecular flexibility index (Phi) is 11.0. The van der Waals surface area contributed by atoms with Crippen molar-refractivity contribution in [3.63, 3.8) is 0 Å². The molecule has 0 aromatic heterocycles.